The Kier molecular flexibility index (Phi) is 7.45. The summed E-state index contributed by atoms with van der Waals surface area (Å²) in [5, 5.41) is 2.75. The van der Waals surface area contributed by atoms with E-state index in [0.717, 1.165) is 25.9 Å². The van der Waals surface area contributed by atoms with Crippen LogP contribution in [-0.2, 0) is 4.74 Å². The summed E-state index contributed by atoms with van der Waals surface area (Å²) >= 11 is 0. The largest absolute Gasteiger partial charge is 0.381 e. The lowest BCUT2D eigenvalue weighted by atomic mass is 10.3. The number of rotatable bonds is 9. The number of ether oxygens (including phenoxy) is 1. The quantitative estimate of drug-likeness (QED) is 0.346. The molecule has 1 aromatic heterocycles. The molecule has 1 rings (SSSR count). The zero-order valence-corrected chi connectivity index (χ0v) is 11.2. The maximum atomic E-state index is 11.7. The highest BCUT2D eigenvalue weighted by Crippen LogP contribution is 1.99. The first kappa shape index (κ1) is 15.3. The maximum absolute atomic E-state index is 11.7. The van der Waals surface area contributed by atoms with Gasteiger partial charge < -0.3 is 15.5 Å². The second-order valence-electron chi connectivity index (χ2n) is 4.01. The number of nitrogens with zero attached hydrogens (tertiary/aromatic N) is 2. The van der Waals surface area contributed by atoms with E-state index in [2.05, 4.69) is 27.6 Å². The molecule has 0 aliphatic carbocycles. The lowest BCUT2D eigenvalue weighted by Gasteiger charge is -2.06. The minimum atomic E-state index is -0.266. The summed E-state index contributed by atoms with van der Waals surface area (Å²) in [6, 6.07) is 0. The Morgan fingerprint density at radius 2 is 2.16 bits per heavy atom. The highest BCUT2D eigenvalue weighted by molar-refractivity contribution is 5.92. The Morgan fingerprint density at radius 3 is 2.89 bits per heavy atom. The third-order valence-electron chi connectivity index (χ3n) is 2.41. The summed E-state index contributed by atoms with van der Waals surface area (Å²) in [5.41, 5.74) is 2.58. The van der Waals surface area contributed by atoms with E-state index in [4.69, 9.17) is 10.6 Å². The van der Waals surface area contributed by atoms with Crippen LogP contribution in [0.5, 0.6) is 0 Å². The molecule has 0 saturated heterocycles. The van der Waals surface area contributed by atoms with Crippen molar-refractivity contribution in [3.63, 3.8) is 0 Å². The molecule has 0 saturated carbocycles. The third-order valence-corrected chi connectivity index (χ3v) is 2.41. The molecule has 0 aliphatic rings. The number of amides is 1. The van der Waals surface area contributed by atoms with Gasteiger partial charge in [0.05, 0.1) is 12.4 Å². The van der Waals surface area contributed by atoms with Gasteiger partial charge >= 0.3 is 0 Å². The number of unbranched alkanes of at least 4 members (excludes halogenated alkanes) is 1. The van der Waals surface area contributed by atoms with Crippen LogP contribution in [0.2, 0.25) is 0 Å². The highest BCUT2D eigenvalue weighted by atomic mass is 16.5. The van der Waals surface area contributed by atoms with Gasteiger partial charge in [-0.2, -0.15) is 0 Å². The highest BCUT2D eigenvalue weighted by Gasteiger charge is 2.07. The smallest absolute Gasteiger partial charge is 0.271 e. The minimum absolute atomic E-state index is 0.238. The van der Waals surface area contributed by atoms with Crippen molar-refractivity contribution >= 4 is 11.7 Å². The first-order chi connectivity index (χ1) is 9.27. The van der Waals surface area contributed by atoms with Crippen molar-refractivity contribution in [2.75, 3.05) is 25.2 Å². The van der Waals surface area contributed by atoms with E-state index in [1.807, 2.05) is 0 Å². The van der Waals surface area contributed by atoms with Gasteiger partial charge in [-0.15, -0.1) is 0 Å². The molecular weight excluding hydrogens is 246 g/mol. The van der Waals surface area contributed by atoms with Crippen molar-refractivity contribution in [1.29, 1.82) is 0 Å². The molecule has 0 spiro atoms. The maximum Gasteiger partial charge on any atom is 0.271 e. The molecule has 7 heteroatoms. The van der Waals surface area contributed by atoms with E-state index < -0.39 is 0 Å². The summed E-state index contributed by atoms with van der Waals surface area (Å²) in [6.45, 7) is 4.10. The standard InChI is InChI=1S/C12H21N5O2/c1-2-3-6-19-7-4-5-15-12(18)10-8-14-9-11(16-10)17-13/h8-9H,2-7,13H2,1H3,(H,15,18)(H,16,17). The van der Waals surface area contributed by atoms with Crippen LogP contribution in [0.4, 0.5) is 5.82 Å². The summed E-state index contributed by atoms with van der Waals surface area (Å²) in [7, 11) is 0. The monoisotopic (exact) mass is 267 g/mol. The van der Waals surface area contributed by atoms with Crippen molar-refractivity contribution in [3.05, 3.63) is 18.1 Å². The van der Waals surface area contributed by atoms with Crippen molar-refractivity contribution in [3.8, 4) is 0 Å². The van der Waals surface area contributed by atoms with E-state index >= 15 is 0 Å². The molecule has 0 aromatic carbocycles. The number of aromatic nitrogens is 2. The van der Waals surface area contributed by atoms with E-state index in [1.165, 1.54) is 12.4 Å². The molecule has 19 heavy (non-hydrogen) atoms. The predicted octanol–water partition coefficient (Wildman–Crippen LogP) is 0.699. The van der Waals surface area contributed by atoms with Gasteiger partial charge in [-0.3, -0.25) is 9.78 Å². The number of nitrogen functional groups attached to an aromatic ring is 1. The minimum Gasteiger partial charge on any atom is -0.381 e. The molecular formula is C12H21N5O2. The lowest BCUT2D eigenvalue weighted by molar-refractivity contribution is 0.0935. The molecule has 4 N–H and O–H groups in total. The molecule has 106 valence electrons. The number of hydrogen-bond acceptors (Lipinski definition) is 6. The Hall–Kier alpha value is -1.73. The molecule has 1 aromatic rings. The molecule has 0 unspecified atom stereocenters. The average molecular weight is 267 g/mol. The Morgan fingerprint density at radius 1 is 1.37 bits per heavy atom. The zero-order chi connectivity index (χ0) is 13.9. The average Bonchev–Trinajstić information content (AvgIpc) is 2.46. The Labute approximate surface area is 112 Å². The van der Waals surface area contributed by atoms with Crippen LogP contribution >= 0.6 is 0 Å². The normalized spacial score (nSPS) is 10.2. The summed E-state index contributed by atoms with van der Waals surface area (Å²) in [4.78, 5) is 19.6. The number of nitrogens with one attached hydrogen (secondary N) is 2. The second kappa shape index (κ2) is 9.23. The van der Waals surface area contributed by atoms with Crippen LogP contribution in [0.15, 0.2) is 12.4 Å². The number of carbonyl (C=O) groups excluding carboxylic acids is 1. The summed E-state index contributed by atoms with van der Waals surface area (Å²) in [5.74, 6) is 5.29. The van der Waals surface area contributed by atoms with E-state index in [1.54, 1.807) is 0 Å². The van der Waals surface area contributed by atoms with Crippen LogP contribution in [0.3, 0.4) is 0 Å². The van der Waals surface area contributed by atoms with Gasteiger partial charge in [0.25, 0.3) is 5.91 Å². The van der Waals surface area contributed by atoms with Gasteiger partial charge in [-0.05, 0) is 12.8 Å². The van der Waals surface area contributed by atoms with E-state index in [-0.39, 0.29) is 11.6 Å². The predicted molar refractivity (Wildman–Crippen MR) is 72.5 cm³/mol. The molecule has 0 fully saturated rings. The molecule has 0 radical (unpaired) electrons. The fraction of sp³-hybridized carbons (Fsp3) is 0.583. The molecule has 1 heterocycles. The van der Waals surface area contributed by atoms with Crippen LogP contribution in [0.25, 0.3) is 0 Å². The summed E-state index contributed by atoms with van der Waals surface area (Å²) < 4.78 is 5.39. The Bertz CT molecular complexity index is 386. The van der Waals surface area contributed by atoms with E-state index in [9.17, 15) is 4.79 Å². The van der Waals surface area contributed by atoms with Crippen molar-refractivity contribution < 1.29 is 9.53 Å². The topological polar surface area (TPSA) is 102 Å². The van der Waals surface area contributed by atoms with Gasteiger partial charge in [0.15, 0.2) is 5.82 Å². The van der Waals surface area contributed by atoms with Crippen molar-refractivity contribution in [1.82, 2.24) is 15.3 Å². The van der Waals surface area contributed by atoms with Crippen LogP contribution in [-0.4, -0.2) is 35.6 Å². The van der Waals surface area contributed by atoms with Crippen molar-refractivity contribution in [2.24, 2.45) is 5.84 Å². The first-order valence-electron chi connectivity index (χ1n) is 6.42. The number of hydrogen-bond donors (Lipinski definition) is 3. The van der Waals surface area contributed by atoms with Gasteiger partial charge in [-0.1, -0.05) is 13.3 Å². The van der Waals surface area contributed by atoms with Crippen LogP contribution in [0, 0.1) is 0 Å². The molecule has 1 amide bonds. The van der Waals surface area contributed by atoms with Crippen LogP contribution in [0.1, 0.15) is 36.7 Å². The molecule has 0 atom stereocenters. The van der Waals surface area contributed by atoms with Gasteiger partial charge in [0, 0.05) is 19.8 Å². The molecule has 0 bridgehead atoms. The van der Waals surface area contributed by atoms with Gasteiger partial charge in [-0.25, -0.2) is 10.8 Å². The lowest BCUT2D eigenvalue weighted by Crippen LogP contribution is -2.26. The van der Waals surface area contributed by atoms with E-state index in [0.29, 0.717) is 19.0 Å². The zero-order valence-electron chi connectivity index (χ0n) is 11.2. The van der Waals surface area contributed by atoms with Crippen molar-refractivity contribution in [2.45, 2.75) is 26.2 Å². The number of carbonyl (C=O) groups is 1. The fourth-order valence-electron chi connectivity index (χ4n) is 1.36. The van der Waals surface area contributed by atoms with Gasteiger partial charge in [0.2, 0.25) is 0 Å². The SMILES string of the molecule is CCCCOCCCNC(=O)c1cncc(NN)n1. The number of hydrazine groups is 1. The number of anilines is 1. The van der Waals surface area contributed by atoms with Crippen LogP contribution < -0.4 is 16.6 Å². The summed E-state index contributed by atoms with van der Waals surface area (Å²) in [6.07, 6.45) is 5.81. The first-order valence-corrected chi connectivity index (χ1v) is 6.42. The molecule has 7 nitrogen and oxygen atoms in total. The van der Waals surface area contributed by atoms with Gasteiger partial charge in [0.1, 0.15) is 5.69 Å². The number of nitrogens with two attached hydrogens (primary N) is 1. The third kappa shape index (κ3) is 6.12. The molecule has 0 aliphatic heterocycles. The second-order valence-corrected chi connectivity index (χ2v) is 4.01. The Balaban J connectivity index is 2.20. The fourth-order valence-corrected chi connectivity index (χ4v) is 1.36.